The predicted octanol–water partition coefficient (Wildman–Crippen LogP) is 4.15. The molecule has 0 amide bonds. The minimum atomic E-state index is 0.0682. The molecule has 2 aliphatic heterocycles. The molecule has 2 fully saturated rings. The van der Waals surface area contributed by atoms with Crippen LogP contribution in [0.2, 0.25) is 0 Å². The van der Waals surface area contributed by atoms with Crippen LogP contribution in [0.4, 0.5) is 0 Å². The molecule has 0 radical (unpaired) electrons. The van der Waals surface area contributed by atoms with Gasteiger partial charge in [-0.05, 0) is 24.8 Å². The van der Waals surface area contributed by atoms with Gasteiger partial charge in [0.05, 0.1) is 23.5 Å². The van der Waals surface area contributed by atoms with Gasteiger partial charge in [-0.25, -0.2) is 0 Å². The Kier molecular flexibility index (Phi) is 6.10. The fourth-order valence-electron chi connectivity index (χ4n) is 4.72. The van der Waals surface area contributed by atoms with Gasteiger partial charge in [-0.1, -0.05) is 68.8 Å². The third-order valence-corrected chi connectivity index (χ3v) is 6.74. The second-order valence-electron chi connectivity index (χ2n) is 8.70. The lowest BCUT2D eigenvalue weighted by molar-refractivity contribution is 0.393. The maximum absolute atomic E-state index is 7.52. The molecule has 3 aliphatic rings. The molecule has 1 aromatic rings. The molecular formula is C24H31ClN6. The minimum Gasteiger partial charge on any atom is -0.384 e. The molecule has 1 aromatic carbocycles. The monoisotopic (exact) mass is 438 g/mol. The first-order valence-corrected chi connectivity index (χ1v) is 11.3. The van der Waals surface area contributed by atoms with Crippen molar-refractivity contribution in [2.45, 2.75) is 57.7 Å². The van der Waals surface area contributed by atoms with Gasteiger partial charge in [0.25, 0.3) is 0 Å². The van der Waals surface area contributed by atoms with E-state index < -0.39 is 0 Å². The Morgan fingerprint density at radius 2 is 2.00 bits per heavy atom. The summed E-state index contributed by atoms with van der Waals surface area (Å²) in [7, 11) is 0. The lowest BCUT2D eigenvalue weighted by atomic mass is 10.0. The molecule has 0 spiro atoms. The number of fused-ring (bicyclic) bond motifs is 1. The highest BCUT2D eigenvalue weighted by atomic mass is 35.5. The van der Waals surface area contributed by atoms with E-state index >= 15 is 0 Å². The largest absolute Gasteiger partial charge is 0.384 e. The average molecular weight is 439 g/mol. The molecule has 7 heteroatoms. The van der Waals surface area contributed by atoms with E-state index in [0.29, 0.717) is 23.7 Å². The van der Waals surface area contributed by atoms with E-state index in [9.17, 15) is 0 Å². The smallest absolute Gasteiger partial charge is 0.150 e. The third-order valence-electron chi connectivity index (χ3n) is 6.46. The Morgan fingerprint density at radius 3 is 2.65 bits per heavy atom. The third kappa shape index (κ3) is 4.35. The zero-order valence-corrected chi connectivity index (χ0v) is 18.8. The van der Waals surface area contributed by atoms with Crippen LogP contribution in [0.3, 0.4) is 0 Å². The van der Waals surface area contributed by atoms with E-state index in [-0.39, 0.29) is 11.9 Å². The van der Waals surface area contributed by atoms with Crippen LogP contribution >= 0.6 is 11.6 Å². The summed E-state index contributed by atoms with van der Waals surface area (Å²) in [5.41, 5.74) is 10.2. The van der Waals surface area contributed by atoms with Crippen molar-refractivity contribution in [2.24, 2.45) is 16.6 Å². The van der Waals surface area contributed by atoms with E-state index in [1.807, 2.05) is 24.3 Å². The van der Waals surface area contributed by atoms with Crippen LogP contribution in [0.1, 0.15) is 50.2 Å². The van der Waals surface area contributed by atoms with Crippen molar-refractivity contribution in [1.29, 1.82) is 5.41 Å². The number of allylic oxidation sites excluding steroid dienone is 1. The second kappa shape index (κ2) is 8.79. The number of rotatable bonds is 6. The Labute approximate surface area is 189 Å². The normalized spacial score (nSPS) is 25.0. The standard InChI is InChI=1S/C24H31ClN6/c1-14-12-20(15(2)28-13-17-8-10-18(11-9-17)23(26)27)31-16(3)24(30-22(25)21(14)31)29-19-6-4-5-7-19/h8-11,14,19-20,28H,2-7,12-13H2,1H3,(H3,26,27)(H,29,30). The Balaban J connectivity index is 1.49. The van der Waals surface area contributed by atoms with Crippen LogP contribution in [-0.2, 0) is 6.54 Å². The molecule has 2 heterocycles. The van der Waals surface area contributed by atoms with Crippen molar-refractivity contribution in [3.63, 3.8) is 0 Å². The number of halogens is 1. The van der Waals surface area contributed by atoms with Gasteiger partial charge in [-0.3, -0.25) is 10.4 Å². The summed E-state index contributed by atoms with van der Waals surface area (Å²) in [5, 5.41) is 14.9. The van der Waals surface area contributed by atoms with Crippen LogP contribution in [0, 0.1) is 11.3 Å². The number of nitrogens with two attached hydrogens (primary N) is 1. The Morgan fingerprint density at radius 1 is 1.32 bits per heavy atom. The molecule has 5 N–H and O–H groups in total. The van der Waals surface area contributed by atoms with Gasteiger partial charge in [0.15, 0.2) is 0 Å². The fourth-order valence-corrected chi connectivity index (χ4v) is 5.09. The summed E-state index contributed by atoms with van der Waals surface area (Å²) in [6.07, 6.45) is 5.64. The minimum absolute atomic E-state index is 0.0682. The topological polar surface area (TPSA) is 89.5 Å². The van der Waals surface area contributed by atoms with Gasteiger partial charge in [0, 0.05) is 23.7 Å². The quantitative estimate of drug-likeness (QED) is 0.305. The van der Waals surface area contributed by atoms with Crippen LogP contribution in [0.25, 0.3) is 0 Å². The molecular weight excluding hydrogens is 408 g/mol. The van der Waals surface area contributed by atoms with E-state index in [0.717, 1.165) is 53.3 Å². The number of hydrogen-bond acceptors (Lipinski definition) is 4. The Bertz CT molecular complexity index is 955. The van der Waals surface area contributed by atoms with E-state index in [4.69, 9.17) is 27.7 Å². The summed E-state index contributed by atoms with van der Waals surface area (Å²) in [6.45, 7) is 11.5. The first-order chi connectivity index (χ1) is 14.8. The van der Waals surface area contributed by atoms with Crippen molar-refractivity contribution >= 4 is 23.3 Å². The summed E-state index contributed by atoms with van der Waals surface area (Å²) in [5.74, 6) is 1.16. The van der Waals surface area contributed by atoms with Crippen molar-refractivity contribution in [1.82, 2.24) is 15.5 Å². The fraction of sp³-hybridized carbons (Fsp3) is 0.417. The molecule has 164 valence electrons. The molecule has 0 aromatic heterocycles. The Hall–Kier alpha value is -2.73. The van der Waals surface area contributed by atoms with E-state index in [2.05, 4.69) is 35.6 Å². The van der Waals surface area contributed by atoms with Gasteiger partial charge in [0.1, 0.15) is 16.8 Å². The molecule has 2 atom stereocenters. The predicted molar refractivity (Wildman–Crippen MR) is 128 cm³/mol. The average Bonchev–Trinajstić information content (AvgIpc) is 3.38. The first kappa shape index (κ1) is 21.5. The molecule has 1 saturated carbocycles. The number of nitrogens with zero attached hydrogens (tertiary/aromatic N) is 2. The van der Waals surface area contributed by atoms with Gasteiger partial charge in [-0.2, -0.15) is 0 Å². The number of benzene rings is 1. The second-order valence-corrected chi connectivity index (χ2v) is 9.08. The molecule has 4 rings (SSSR count). The number of nitrogen functional groups attached to an aromatic ring is 1. The maximum Gasteiger partial charge on any atom is 0.150 e. The van der Waals surface area contributed by atoms with Crippen LogP contribution in [0.5, 0.6) is 0 Å². The summed E-state index contributed by atoms with van der Waals surface area (Å²) >= 11 is 6.67. The summed E-state index contributed by atoms with van der Waals surface area (Å²) < 4.78 is 0. The zero-order valence-electron chi connectivity index (χ0n) is 18.0. The maximum atomic E-state index is 7.52. The van der Waals surface area contributed by atoms with Crippen molar-refractivity contribution in [3.8, 4) is 0 Å². The van der Waals surface area contributed by atoms with Crippen LogP contribution in [0.15, 0.2) is 64.7 Å². The lowest BCUT2D eigenvalue weighted by Gasteiger charge is -2.36. The molecule has 6 nitrogen and oxygen atoms in total. The molecule has 1 saturated heterocycles. The highest BCUT2D eigenvalue weighted by molar-refractivity contribution is 6.31. The molecule has 2 unspecified atom stereocenters. The number of aliphatic imine (C=N–C) groups is 1. The van der Waals surface area contributed by atoms with Crippen molar-refractivity contribution < 1.29 is 0 Å². The van der Waals surface area contributed by atoms with Gasteiger partial charge in [-0.15, -0.1) is 0 Å². The lowest BCUT2D eigenvalue weighted by Crippen LogP contribution is -2.44. The molecule has 0 bridgehead atoms. The van der Waals surface area contributed by atoms with Crippen LogP contribution in [-0.4, -0.2) is 28.7 Å². The zero-order chi connectivity index (χ0) is 22.1. The highest BCUT2D eigenvalue weighted by Gasteiger charge is 2.42. The van der Waals surface area contributed by atoms with Gasteiger partial charge < -0.3 is 21.3 Å². The number of nitrogens with one attached hydrogen (secondary N) is 3. The van der Waals surface area contributed by atoms with Crippen molar-refractivity contribution in [2.75, 3.05) is 0 Å². The van der Waals surface area contributed by atoms with Crippen LogP contribution < -0.4 is 16.4 Å². The van der Waals surface area contributed by atoms with Gasteiger partial charge in [0.2, 0.25) is 0 Å². The van der Waals surface area contributed by atoms with E-state index in [1.54, 1.807) is 0 Å². The highest BCUT2D eigenvalue weighted by Crippen LogP contribution is 2.42. The summed E-state index contributed by atoms with van der Waals surface area (Å²) in [6, 6.07) is 8.11. The first-order valence-electron chi connectivity index (χ1n) is 10.9. The SMILES string of the molecule is C=C(NCc1ccc(C(=N)N)cc1)C1CC(C)C2=C(Cl)NC(=NC3CCCC3)C(=C)N21. The van der Waals surface area contributed by atoms with Crippen molar-refractivity contribution in [3.05, 3.63) is 70.8 Å². The number of hydrogen-bond donors (Lipinski definition) is 4. The van der Waals surface area contributed by atoms with Gasteiger partial charge >= 0.3 is 0 Å². The van der Waals surface area contributed by atoms with E-state index in [1.165, 1.54) is 12.8 Å². The number of amidine groups is 2. The molecule has 31 heavy (non-hydrogen) atoms. The molecule has 1 aliphatic carbocycles. The summed E-state index contributed by atoms with van der Waals surface area (Å²) in [4.78, 5) is 7.14.